The zero-order chi connectivity index (χ0) is 41.5. The van der Waals surface area contributed by atoms with Crippen LogP contribution >= 0.6 is 0 Å². The van der Waals surface area contributed by atoms with Crippen LogP contribution in [0.1, 0.15) is 80.1 Å². The molecule has 13 atom stereocenters. The van der Waals surface area contributed by atoms with Gasteiger partial charge in [-0.1, -0.05) is 77.9 Å². The highest BCUT2D eigenvalue weighted by atomic mass is 32.2. The van der Waals surface area contributed by atoms with Gasteiger partial charge in [-0.3, -0.25) is 9.52 Å². The van der Waals surface area contributed by atoms with Gasteiger partial charge in [0.05, 0.1) is 41.8 Å². The fourth-order valence-corrected chi connectivity index (χ4v) is 13.9. The lowest BCUT2D eigenvalue weighted by Crippen LogP contribution is -2.55. The number of hydrogen-bond acceptors (Lipinski definition) is 9. The van der Waals surface area contributed by atoms with Gasteiger partial charge in [-0.15, -0.1) is 0 Å². The minimum Gasteiger partial charge on any atom is -0.465 e. The summed E-state index contributed by atoms with van der Waals surface area (Å²) in [7, 11) is -0.583. The lowest BCUT2D eigenvalue weighted by Gasteiger charge is -2.56. The molecule has 2 aliphatic heterocycles. The molecule has 2 saturated heterocycles. The summed E-state index contributed by atoms with van der Waals surface area (Å²) >= 11 is 0. The molecule has 3 N–H and O–H groups in total. The zero-order valence-corrected chi connectivity index (χ0v) is 36.2. The van der Waals surface area contributed by atoms with Crippen molar-refractivity contribution in [1.82, 2.24) is 0 Å². The van der Waals surface area contributed by atoms with Gasteiger partial charge in [-0.05, 0) is 121 Å². The van der Waals surface area contributed by atoms with Gasteiger partial charge in [-0.25, -0.2) is 8.42 Å². The van der Waals surface area contributed by atoms with Crippen molar-refractivity contribution >= 4 is 50.7 Å². The number of ether oxygens (including phenoxy) is 1. The van der Waals surface area contributed by atoms with Crippen LogP contribution in [0.3, 0.4) is 0 Å². The van der Waals surface area contributed by atoms with Crippen molar-refractivity contribution in [2.24, 2.45) is 58.2 Å². The Labute approximate surface area is 345 Å². The molecule has 3 aromatic rings. The number of nitrogens with zero attached hydrogens (tertiary/aromatic N) is 1. The van der Waals surface area contributed by atoms with Crippen LogP contribution in [0.4, 0.5) is 11.4 Å². The van der Waals surface area contributed by atoms with Gasteiger partial charge < -0.3 is 29.2 Å². The lowest BCUT2D eigenvalue weighted by molar-refractivity contribution is -0.162. The number of fused-ring (bicyclic) bond motifs is 6. The number of sulfonamides is 1. The third-order valence-corrected chi connectivity index (χ3v) is 17.5. The Morgan fingerprint density at radius 1 is 0.845 bits per heavy atom. The van der Waals surface area contributed by atoms with Gasteiger partial charge in [-0.2, -0.15) is 0 Å². The summed E-state index contributed by atoms with van der Waals surface area (Å²) in [6, 6.07) is 18.4. The minimum atomic E-state index is -3.89. The SMILES string of the molecule is CC(C)[C@H](C)[C@H]1OB(c2ccc(NS(=O)(=O)c3cccc4c(N(C)C)cccc34)cc2)O[C@@H]1[C@@H](C)[C@H]1CC[C@H]2[C@@H]3COC(=O)[C@H]4C[C@H](O)[C@H](O)C[C@]4(C)[C@H]3CC[C@]12C. The predicted molar refractivity (Wildman–Crippen MR) is 228 cm³/mol. The smallest absolute Gasteiger partial charge is 0.465 e. The van der Waals surface area contributed by atoms with Gasteiger partial charge in [0.2, 0.25) is 0 Å². The third kappa shape index (κ3) is 6.96. The van der Waals surface area contributed by atoms with E-state index in [-0.39, 0.29) is 58.6 Å². The summed E-state index contributed by atoms with van der Waals surface area (Å²) in [5.74, 6) is 1.43. The number of hydrogen-bond donors (Lipinski definition) is 3. The Morgan fingerprint density at radius 3 is 2.22 bits per heavy atom. The first-order valence-electron chi connectivity index (χ1n) is 21.6. The van der Waals surface area contributed by atoms with E-state index in [9.17, 15) is 23.4 Å². The molecule has 3 aromatic carbocycles. The normalized spacial score (nSPS) is 36.1. The van der Waals surface area contributed by atoms with Crippen LogP contribution in [-0.4, -0.2) is 76.8 Å². The molecule has 3 aliphatic carbocycles. The van der Waals surface area contributed by atoms with E-state index in [1.54, 1.807) is 24.3 Å². The van der Waals surface area contributed by atoms with Crippen LogP contribution < -0.4 is 15.1 Å². The molecule has 2 heterocycles. The highest BCUT2D eigenvalue weighted by Gasteiger charge is 2.63. The van der Waals surface area contributed by atoms with Crippen molar-refractivity contribution in [2.45, 2.75) is 109 Å². The summed E-state index contributed by atoms with van der Waals surface area (Å²) < 4.78 is 50.3. The molecular formula is C46H63BN2O8S. The minimum absolute atomic E-state index is 0.0277. The number of benzene rings is 3. The van der Waals surface area contributed by atoms with E-state index in [1.165, 1.54) is 0 Å². The quantitative estimate of drug-likeness (QED) is 0.156. The Morgan fingerprint density at radius 2 is 1.52 bits per heavy atom. The van der Waals surface area contributed by atoms with Gasteiger partial charge in [0, 0.05) is 36.2 Å². The molecule has 0 amide bonds. The van der Waals surface area contributed by atoms with Gasteiger partial charge in [0.25, 0.3) is 10.0 Å². The summed E-state index contributed by atoms with van der Waals surface area (Å²) in [6.45, 7) is 14.1. The highest BCUT2D eigenvalue weighted by Crippen LogP contribution is 2.66. The van der Waals surface area contributed by atoms with E-state index in [0.29, 0.717) is 41.9 Å². The van der Waals surface area contributed by atoms with Crippen molar-refractivity contribution < 1.29 is 37.5 Å². The van der Waals surface area contributed by atoms with Crippen LogP contribution in [0, 0.1) is 58.2 Å². The molecule has 8 rings (SSSR count). The highest BCUT2D eigenvalue weighted by molar-refractivity contribution is 7.93. The molecule has 12 heteroatoms. The van der Waals surface area contributed by atoms with Gasteiger partial charge >= 0.3 is 13.1 Å². The van der Waals surface area contributed by atoms with E-state index < -0.39 is 40.7 Å². The second-order valence-corrected chi connectivity index (χ2v) is 21.3. The van der Waals surface area contributed by atoms with E-state index in [4.69, 9.17) is 14.0 Å². The van der Waals surface area contributed by atoms with Crippen LogP contribution in [0.5, 0.6) is 0 Å². The summed E-state index contributed by atoms with van der Waals surface area (Å²) in [6.07, 6.45) is 2.85. The molecular weight excluding hydrogens is 751 g/mol. The Bertz CT molecular complexity index is 2120. The molecule has 0 unspecified atom stereocenters. The largest absolute Gasteiger partial charge is 0.494 e. The fraction of sp³-hybridized carbons (Fsp3) is 0.630. The molecule has 0 bridgehead atoms. The Kier molecular flexibility index (Phi) is 11.0. The van der Waals surface area contributed by atoms with Crippen molar-refractivity contribution in [3.63, 3.8) is 0 Å². The van der Waals surface area contributed by atoms with Crippen molar-refractivity contribution in [3.05, 3.63) is 60.7 Å². The molecule has 0 radical (unpaired) electrons. The molecule has 0 spiro atoms. The number of esters is 1. The molecule has 3 saturated carbocycles. The summed E-state index contributed by atoms with van der Waals surface area (Å²) in [5.41, 5.74) is 1.88. The molecule has 0 aromatic heterocycles. The first kappa shape index (κ1) is 41.6. The van der Waals surface area contributed by atoms with E-state index in [1.807, 2.05) is 55.4 Å². The van der Waals surface area contributed by atoms with Gasteiger partial charge in [0.1, 0.15) is 0 Å². The average Bonchev–Trinajstić information content (AvgIpc) is 3.76. The van der Waals surface area contributed by atoms with Crippen molar-refractivity contribution in [1.29, 1.82) is 0 Å². The van der Waals surface area contributed by atoms with Crippen molar-refractivity contribution in [2.75, 3.05) is 30.3 Å². The fourth-order valence-electron chi connectivity index (χ4n) is 12.6. The lowest BCUT2D eigenvalue weighted by atomic mass is 9.48. The monoisotopic (exact) mass is 814 g/mol. The standard InChI is InChI=1S/C46H63BN2O8S/c1-26(2)27(3)42-43(28(4)34-19-20-35-33-25-55-44(52)37-23-39(50)40(51)24-46(37,6)36(33)21-22-45(34,35)5)57-47(56-42)29-15-17-30(18-16-29)48-58(53,54)41-14-10-11-31-32(41)12-9-13-38(31)49(7)8/h9-18,26-28,33-37,39-40,42-43,48,50-51H,19-25H2,1-8H3/t27-,28-,33-,34+,35-,36-,37+,39-,40+,42+,43+,45+,46+/m0/s1. The number of cyclic esters (lactones) is 1. The van der Waals surface area contributed by atoms with E-state index in [0.717, 1.165) is 42.2 Å². The molecule has 5 fully saturated rings. The maximum Gasteiger partial charge on any atom is 0.494 e. The summed E-state index contributed by atoms with van der Waals surface area (Å²) in [5, 5.41) is 22.9. The maximum absolute atomic E-state index is 13.8. The average molecular weight is 815 g/mol. The van der Waals surface area contributed by atoms with Crippen LogP contribution in [0.2, 0.25) is 0 Å². The molecule has 58 heavy (non-hydrogen) atoms. The number of rotatable bonds is 9. The van der Waals surface area contributed by atoms with Crippen molar-refractivity contribution in [3.8, 4) is 0 Å². The maximum atomic E-state index is 13.8. The van der Waals surface area contributed by atoms with Crippen LogP contribution in [0.15, 0.2) is 65.6 Å². The second-order valence-electron chi connectivity index (χ2n) is 19.6. The zero-order valence-electron chi connectivity index (χ0n) is 35.4. The van der Waals surface area contributed by atoms with E-state index in [2.05, 4.69) is 46.3 Å². The summed E-state index contributed by atoms with van der Waals surface area (Å²) in [4.78, 5) is 15.6. The predicted octanol–water partition coefficient (Wildman–Crippen LogP) is 6.87. The number of carbonyl (C=O) groups excluding carboxylic acids is 1. The topological polar surface area (TPSA) is 135 Å². The van der Waals surface area contributed by atoms with Crippen LogP contribution in [-0.2, 0) is 28.9 Å². The van der Waals surface area contributed by atoms with E-state index >= 15 is 0 Å². The van der Waals surface area contributed by atoms with Crippen LogP contribution in [0.25, 0.3) is 10.8 Å². The first-order valence-corrected chi connectivity index (χ1v) is 23.1. The Hall–Kier alpha value is -3.16. The molecule has 314 valence electrons. The number of nitrogens with one attached hydrogen (secondary N) is 1. The number of aliphatic hydroxyl groups is 2. The second kappa shape index (κ2) is 15.4. The van der Waals surface area contributed by atoms with Gasteiger partial charge in [0.15, 0.2) is 0 Å². The molecule has 5 aliphatic rings. The Balaban J connectivity index is 1.00. The number of aliphatic hydroxyl groups excluding tert-OH is 2. The first-order chi connectivity index (χ1) is 27.4. The third-order valence-electron chi connectivity index (χ3n) is 16.1. The number of carbonyl (C=O) groups is 1. The number of anilines is 2. The molecule has 10 nitrogen and oxygen atoms in total.